The van der Waals surface area contributed by atoms with E-state index in [-0.39, 0.29) is 23.7 Å². The zero-order valence-corrected chi connectivity index (χ0v) is 12.7. The first-order valence-corrected chi connectivity index (χ1v) is 9.16. The van der Waals surface area contributed by atoms with Gasteiger partial charge in [-0.15, -0.1) is 0 Å². The van der Waals surface area contributed by atoms with Crippen molar-refractivity contribution in [3.8, 4) is 0 Å². The quantitative estimate of drug-likeness (QED) is 0.603. The Balaban J connectivity index is 2.75. The molecule has 0 radical (unpaired) electrons. The number of hydrogen-bond acceptors (Lipinski definition) is 3. The third kappa shape index (κ3) is 2.99. The molecule has 1 aliphatic rings. The second-order valence-electron chi connectivity index (χ2n) is 6.53. The van der Waals surface area contributed by atoms with Gasteiger partial charge in [0.25, 0.3) is 0 Å². The van der Waals surface area contributed by atoms with E-state index in [2.05, 4.69) is 40.4 Å². The molecule has 0 aromatic carbocycles. The molecule has 1 rings (SSSR count). The van der Waals surface area contributed by atoms with Gasteiger partial charge in [0.2, 0.25) is 0 Å². The minimum absolute atomic E-state index is 0.0443. The maximum atomic E-state index is 9.84. The summed E-state index contributed by atoms with van der Waals surface area (Å²) in [6.45, 7) is 14.9. The van der Waals surface area contributed by atoms with Crippen molar-refractivity contribution in [2.24, 2.45) is 5.92 Å². The highest BCUT2D eigenvalue weighted by Crippen LogP contribution is 2.41. The second-order valence-corrected chi connectivity index (χ2v) is 11.3. The molecule has 0 aromatic rings. The molecule has 1 fully saturated rings. The fourth-order valence-corrected chi connectivity index (χ4v) is 3.23. The minimum Gasteiger partial charge on any atom is -0.410 e. The van der Waals surface area contributed by atoms with Crippen LogP contribution in [0.1, 0.15) is 27.2 Å². The third-order valence-electron chi connectivity index (χ3n) is 4.25. The van der Waals surface area contributed by atoms with Crippen LogP contribution in [0.2, 0.25) is 18.1 Å². The van der Waals surface area contributed by atoms with Crippen LogP contribution in [0.25, 0.3) is 0 Å². The van der Waals surface area contributed by atoms with Gasteiger partial charge in [0.1, 0.15) is 0 Å². The van der Waals surface area contributed by atoms with Crippen molar-refractivity contribution >= 4 is 8.32 Å². The molecule has 2 N–H and O–H groups in total. The molecule has 1 saturated carbocycles. The summed E-state index contributed by atoms with van der Waals surface area (Å²) in [4.78, 5) is 0. The zero-order valence-electron chi connectivity index (χ0n) is 11.7. The van der Waals surface area contributed by atoms with E-state index in [9.17, 15) is 10.2 Å². The lowest BCUT2D eigenvalue weighted by Crippen LogP contribution is -2.43. The highest BCUT2D eigenvalue weighted by molar-refractivity contribution is 6.74. The Morgan fingerprint density at radius 1 is 1.41 bits per heavy atom. The molecule has 0 unspecified atom stereocenters. The van der Waals surface area contributed by atoms with Crippen molar-refractivity contribution in [2.45, 2.75) is 57.5 Å². The lowest BCUT2D eigenvalue weighted by atomic mass is 10.0. The largest absolute Gasteiger partial charge is 0.410 e. The van der Waals surface area contributed by atoms with Gasteiger partial charge in [-0.1, -0.05) is 27.4 Å². The summed E-state index contributed by atoms with van der Waals surface area (Å²) < 4.78 is 6.25. The number of hydrogen-bond donors (Lipinski definition) is 2. The Morgan fingerprint density at radius 3 is 2.29 bits per heavy atom. The van der Waals surface area contributed by atoms with Crippen LogP contribution in [0.5, 0.6) is 0 Å². The lowest BCUT2D eigenvalue weighted by molar-refractivity contribution is 0.0949. The van der Waals surface area contributed by atoms with Crippen LogP contribution in [-0.2, 0) is 4.43 Å². The van der Waals surface area contributed by atoms with Crippen LogP contribution >= 0.6 is 0 Å². The maximum absolute atomic E-state index is 9.84. The molecule has 3 atom stereocenters. The van der Waals surface area contributed by atoms with Crippen molar-refractivity contribution in [3.05, 3.63) is 12.2 Å². The first-order valence-electron chi connectivity index (χ1n) is 6.25. The van der Waals surface area contributed by atoms with Crippen molar-refractivity contribution in [1.29, 1.82) is 0 Å². The van der Waals surface area contributed by atoms with Gasteiger partial charge in [-0.2, -0.15) is 0 Å². The highest BCUT2D eigenvalue weighted by atomic mass is 28.4. The van der Waals surface area contributed by atoms with E-state index in [4.69, 9.17) is 4.43 Å². The van der Waals surface area contributed by atoms with Crippen LogP contribution < -0.4 is 0 Å². The van der Waals surface area contributed by atoms with Gasteiger partial charge in [-0.25, -0.2) is 0 Å². The summed E-state index contributed by atoms with van der Waals surface area (Å²) in [5.74, 6) is -0.218. The van der Waals surface area contributed by atoms with Gasteiger partial charge in [-0.05, 0) is 23.7 Å². The van der Waals surface area contributed by atoms with Crippen LogP contribution in [-0.4, -0.2) is 37.3 Å². The van der Waals surface area contributed by atoms with Gasteiger partial charge in [0.05, 0.1) is 18.8 Å². The molecule has 0 spiro atoms. The Hall–Kier alpha value is -0.163. The van der Waals surface area contributed by atoms with Gasteiger partial charge >= 0.3 is 0 Å². The first-order chi connectivity index (χ1) is 7.60. The smallest absolute Gasteiger partial charge is 0.192 e. The summed E-state index contributed by atoms with van der Waals surface area (Å²) in [5.41, 5.74) is 0.852. The molecular formula is C13H26O3Si. The monoisotopic (exact) mass is 258 g/mol. The Bertz CT molecular complexity index is 294. The number of aliphatic hydroxyl groups excluding tert-OH is 2. The molecular weight excluding hydrogens is 232 g/mol. The van der Waals surface area contributed by atoms with E-state index in [0.29, 0.717) is 6.42 Å². The van der Waals surface area contributed by atoms with Gasteiger partial charge < -0.3 is 14.6 Å². The molecule has 0 aliphatic heterocycles. The van der Waals surface area contributed by atoms with Crippen molar-refractivity contribution in [1.82, 2.24) is 0 Å². The highest BCUT2D eigenvalue weighted by Gasteiger charge is 2.44. The molecule has 0 bridgehead atoms. The summed E-state index contributed by atoms with van der Waals surface area (Å²) in [5, 5.41) is 19.2. The average molecular weight is 258 g/mol. The van der Waals surface area contributed by atoms with Gasteiger partial charge in [0, 0.05) is 12.3 Å². The molecule has 1 aliphatic carbocycles. The zero-order chi connectivity index (χ0) is 13.4. The molecule has 3 nitrogen and oxygen atoms in total. The second kappa shape index (κ2) is 4.84. The van der Waals surface area contributed by atoms with Crippen molar-refractivity contribution in [3.63, 3.8) is 0 Å². The van der Waals surface area contributed by atoms with Crippen molar-refractivity contribution in [2.75, 3.05) is 6.61 Å². The number of aliphatic hydroxyl groups is 2. The Kier molecular flexibility index (Phi) is 4.24. The Morgan fingerprint density at radius 2 is 1.94 bits per heavy atom. The standard InChI is InChI=1S/C13H26O3Si/c1-9-10(8-14)11(15)7-12(9)16-17(5,6)13(2,3)4/h10-12,14-15H,1,7-8H2,2-6H3/t10-,11-,12+/m0/s1. The van der Waals surface area contributed by atoms with Crippen LogP contribution in [0, 0.1) is 5.92 Å². The molecule has 0 heterocycles. The average Bonchev–Trinajstić information content (AvgIpc) is 2.39. The molecule has 0 saturated heterocycles. The molecule has 0 aromatic heterocycles. The van der Waals surface area contributed by atoms with Crippen LogP contribution in [0.15, 0.2) is 12.2 Å². The molecule has 17 heavy (non-hydrogen) atoms. The van der Waals surface area contributed by atoms with Gasteiger partial charge in [-0.3, -0.25) is 0 Å². The molecule has 4 heteroatoms. The summed E-state index contributed by atoms with van der Waals surface area (Å²) >= 11 is 0. The summed E-state index contributed by atoms with van der Waals surface area (Å²) in [7, 11) is -1.84. The van der Waals surface area contributed by atoms with Crippen LogP contribution in [0.3, 0.4) is 0 Å². The maximum Gasteiger partial charge on any atom is 0.192 e. The van der Waals surface area contributed by atoms with Crippen molar-refractivity contribution < 1.29 is 14.6 Å². The minimum atomic E-state index is -1.84. The van der Waals surface area contributed by atoms with Crippen LogP contribution in [0.4, 0.5) is 0 Å². The van der Waals surface area contributed by atoms with Gasteiger partial charge in [0.15, 0.2) is 8.32 Å². The van der Waals surface area contributed by atoms with E-state index in [1.165, 1.54) is 0 Å². The van der Waals surface area contributed by atoms with E-state index < -0.39 is 14.4 Å². The van der Waals surface area contributed by atoms with E-state index >= 15 is 0 Å². The predicted molar refractivity (Wildman–Crippen MR) is 72.4 cm³/mol. The lowest BCUT2D eigenvalue weighted by Gasteiger charge is -2.38. The first kappa shape index (κ1) is 14.9. The fraction of sp³-hybridized carbons (Fsp3) is 0.846. The third-order valence-corrected chi connectivity index (χ3v) is 8.74. The van der Waals surface area contributed by atoms with E-state index in [1.54, 1.807) is 0 Å². The molecule has 100 valence electrons. The summed E-state index contributed by atoms with van der Waals surface area (Å²) in [6, 6.07) is 0. The SMILES string of the molecule is C=C1[C@H](O[Si](C)(C)C(C)(C)C)C[C@H](O)[C@H]1CO. The predicted octanol–water partition coefficient (Wildman–Crippen LogP) is 2.31. The Labute approximate surface area is 106 Å². The number of rotatable bonds is 3. The van der Waals surface area contributed by atoms with E-state index in [0.717, 1.165) is 5.57 Å². The normalized spacial score (nSPS) is 31.0. The van der Waals surface area contributed by atoms with E-state index in [1.807, 2.05) is 0 Å². The summed E-state index contributed by atoms with van der Waals surface area (Å²) in [6.07, 6.45) is -0.0402. The fourth-order valence-electron chi connectivity index (χ4n) is 1.92. The molecule has 0 amide bonds. The topological polar surface area (TPSA) is 49.7 Å².